The molecule has 0 atom stereocenters. The Morgan fingerprint density at radius 2 is 2.10 bits per heavy atom. The molecule has 9 heteroatoms. The van der Waals surface area contributed by atoms with E-state index in [4.69, 9.17) is 17.3 Å². The summed E-state index contributed by atoms with van der Waals surface area (Å²) in [6.07, 6.45) is 0. The third-order valence-electron chi connectivity index (χ3n) is 2.37. The summed E-state index contributed by atoms with van der Waals surface area (Å²) in [4.78, 5) is 0.728. The average molecular weight is 400 g/mol. The van der Waals surface area contributed by atoms with Crippen LogP contribution in [0.3, 0.4) is 0 Å². The smallest absolute Gasteiger partial charge is 0.263 e. The Bertz CT molecular complexity index is 749. The Hall–Kier alpha value is -0.670. The van der Waals surface area contributed by atoms with Gasteiger partial charge in [-0.1, -0.05) is 11.6 Å². The van der Waals surface area contributed by atoms with E-state index in [1.54, 1.807) is 0 Å². The summed E-state index contributed by atoms with van der Waals surface area (Å²) in [6, 6.07) is 5.15. The van der Waals surface area contributed by atoms with Crippen LogP contribution in [0.15, 0.2) is 32.9 Å². The second-order valence-electron chi connectivity index (χ2n) is 3.78. The molecule has 2 rings (SSSR count). The van der Waals surface area contributed by atoms with E-state index in [1.807, 2.05) is 0 Å². The first kappa shape index (κ1) is 15.7. The van der Waals surface area contributed by atoms with Crippen LogP contribution in [0.1, 0.15) is 4.88 Å². The van der Waals surface area contributed by atoms with Crippen molar-refractivity contribution in [2.24, 2.45) is 5.73 Å². The summed E-state index contributed by atoms with van der Waals surface area (Å²) in [5.74, 6) is -0.744. The van der Waals surface area contributed by atoms with Crippen LogP contribution in [-0.4, -0.2) is 8.42 Å². The zero-order valence-corrected chi connectivity index (χ0v) is 13.8. The highest BCUT2D eigenvalue weighted by Crippen LogP contribution is 2.33. The predicted molar refractivity (Wildman–Crippen MR) is 82.1 cm³/mol. The van der Waals surface area contributed by atoms with Crippen LogP contribution in [0.4, 0.5) is 10.1 Å². The molecule has 4 nitrogen and oxygen atoms in total. The van der Waals surface area contributed by atoms with Crippen molar-refractivity contribution in [1.29, 1.82) is 0 Å². The Kier molecular flexibility index (Phi) is 4.70. The van der Waals surface area contributed by atoms with Gasteiger partial charge in [-0.3, -0.25) is 4.72 Å². The maximum absolute atomic E-state index is 13.6. The predicted octanol–water partition coefficient (Wildman–Crippen LogP) is 3.56. The van der Waals surface area contributed by atoms with Crippen molar-refractivity contribution in [2.75, 3.05) is 4.72 Å². The zero-order valence-electron chi connectivity index (χ0n) is 9.86. The molecular weight excluding hydrogens is 391 g/mol. The van der Waals surface area contributed by atoms with Gasteiger partial charge in [-0.2, -0.15) is 0 Å². The lowest BCUT2D eigenvalue weighted by Gasteiger charge is -2.08. The molecule has 0 aliphatic rings. The number of hydrogen-bond acceptors (Lipinski definition) is 4. The van der Waals surface area contributed by atoms with Gasteiger partial charge < -0.3 is 5.73 Å². The zero-order chi connectivity index (χ0) is 14.9. The molecule has 0 unspecified atom stereocenters. The third kappa shape index (κ3) is 3.32. The molecule has 0 aliphatic carbocycles. The van der Waals surface area contributed by atoms with Gasteiger partial charge in [0.05, 0.1) is 9.47 Å². The molecule has 1 heterocycles. The second kappa shape index (κ2) is 5.98. The van der Waals surface area contributed by atoms with Crippen molar-refractivity contribution in [2.45, 2.75) is 11.4 Å². The van der Waals surface area contributed by atoms with E-state index in [9.17, 15) is 12.8 Å². The lowest BCUT2D eigenvalue weighted by atomic mass is 10.3. The molecule has 0 aliphatic heterocycles. The van der Waals surface area contributed by atoms with E-state index < -0.39 is 15.8 Å². The molecule has 1 aromatic carbocycles. The maximum Gasteiger partial charge on any atom is 0.263 e. The maximum atomic E-state index is 13.6. The molecule has 0 fully saturated rings. The minimum absolute atomic E-state index is 0.0253. The number of nitrogens with one attached hydrogen (secondary N) is 1. The summed E-state index contributed by atoms with van der Waals surface area (Å²) >= 11 is 10.00. The molecule has 0 bridgehead atoms. The number of rotatable bonds is 4. The van der Waals surface area contributed by atoms with E-state index in [-0.39, 0.29) is 22.2 Å². The van der Waals surface area contributed by atoms with Gasteiger partial charge in [-0.05, 0) is 40.2 Å². The van der Waals surface area contributed by atoms with Gasteiger partial charge in [-0.25, -0.2) is 12.8 Å². The van der Waals surface area contributed by atoms with Crippen molar-refractivity contribution < 1.29 is 12.8 Å². The molecule has 0 saturated carbocycles. The van der Waals surface area contributed by atoms with Crippen LogP contribution in [0, 0.1) is 5.82 Å². The van der Waals surface area contributed by atoms with Gasteiger partial charge in [0.25, 0.3) is 10.0 Å². The summed E-state index contributed by atoms with van der Waals surface area (Å²) in [7, 11) is -3.89. The lowest BCUT2D eigenvalue weighted by molar-refractivity contribution is 0.598. The molecule has 3 N–H and O–H groups in total. The van der Waals surface area contributed by atoms with Crippen LogP contribution < -0.4 is 10.5 Å². The minimum atomic E-state index is -3.89. The largest absolute Gasteiger partial charge is 0.326 e. The quantitative estimate of drug-likeness (QED) is 0.825. The molecule has 2 aromatic rings. The van der Waals surface area contributed by atoms with E-state index in [1.165, 1.54) is 29.5 Å². The highest BCUT2D eigenvalue weighted by molar-refractivity contribution is 9.11. The lowest BCUT2D eigenvalue weighted by Crippen LogP contribution is -2.13. The summed E-state index contributed by atoms with van der Waals surface area (Å²) in [6.45, 7) is 0.230. The summed E-state index contributed by atoms with van der Waals surface area (Å²) < 4.78 is 40.7. The number of anilines is 1. The molecule has 0 radical (unpaired) electrons. The van der Waals surface area contributed by atoms with Crippen LogP contribution in [0.5, 0.6) is 0 Å². The van der Waals surface area contributed by atoms with Crippen molar-refractivity contribution >= 4 is 54.6 Å². The third-order valence-corrected chi connectivity index (χ3v) is 6.25. The fourth-order valence-corrected chi connectivity index (χ4v) is 5.24. The Balaban J connectivity index is 2.38. The number of hydrogen-bond donors (Lipinski definition) is 2. The Morgan fingerprint density at radius 3 is 2.65 bits per heavy atom. The van der Waals surface area contributed by atoms with Crippen molar-refractivity contribution in [3.8, 4) is 0 Å². The molecule has 0 spiro atoms. The standard InChI is InChI=1S/C11H9BrClFN2O2S2/c12-11-10(4-7(5-15)19-11)20(17,18)16-9-2-1-6(13)3-8(9)14/h1-4,16H,5,15H2. The molecule has 0 saturated heterocycles. The van der Waals surface area contributed by atoms with Crippen molar-refractivity contribution in [3.05, 3.63) is 43.8 Å². The monoisotopic (exact) mass is 398 g/mol. The number of thiophene rings is 1. The fraction of sp³-hybridized carbons (Fsp3) is 0.0909. The first-order valence-electron chi connectivity index (χ1n) is 5.29. The van der Waals surface area contributed by atoms with Crippen molar-refractivity contribution in [1.82, 2.24) is 0 Å². The minimum Gasteiger partial charge on any atom is -0.326 e. The number of benzene rings is 1. The van der Waals surface area contributed by atoms with Crippen molar-refractivity contribution in [3.63, 3.8) is 0 Å². The van der Waals surface area contributed by atoms with Crippen LogP contribution in [0.2, 0.25) is 5.02 Å². The van der Waals surface area contributed by atoms with Gasteiger partial charge in [-0.15, -0.1) is 11.3 Å². The van der Waals surface area contributed by atoms with E-state index in [0.717, 1.165) is 6.07 Å². The fourth-order valence-electron chi connectivity index (χ4n) is 1.45. The molecule has 0 amide bonds. The highest BCUT2D eigenvalue weighted by atomic mass is 79.9. The molecule has 108 valence electrons. The van der Waals surface area contributed by atoms with Crippen LogP contribution >= 0.6 is 38.9 Å². The SMILES string of the molecule is NCc1cc(S(=O)(=O)Nc2ccc(Cl)cc2F)c(Br)s1. The first-order valence-corrected chi connectivity index (χ1v) is 8.76. The Morgan fingerprint density at radius 1 is 1.40 bits per heavy atom. The van der Waals surface area contributed by atoms with E-state index >= 15 is 0 Å². The number of halogens is 3. The van der Waals surface area contributed by atoms with Gasteiger partial charge >= 0.3 is 0 Å². The van der Waals surface area contributed by atoms with E-state index in [0.29, 0.717) is 8.66 Å². The topological polar surface area (TPSA) is 72.2 Å². The van der Waals surface area contributed by atoms with E-state index in [2.05, 4.69) is 20.7 Å². The first-order chi connectivity index (χ1) is 9.33. The second-order valence-corrected chi connectivity index (χ2v) is 8.33. The van der Waals surface area contributed by atoms with Crippen LogP contribution in [-0.2, 0) is 16.6 Å². The summed E-state index contributed by atoms with van der Waals surface area (Å²) in [5.41, 5.74) is 5.30. The van der Waals surface area contributed by atoms with Crippen LogP contribution in [0.25, 0.3) is 0 Å². The normalized spacial score (nSPS) is 11.6. The average Bonchev–Trinajstić information content (AvgIpc) is 2.75. The molecule has 20 heavy (non-hydrogen) atoms. The van der Waals surface area contributed by atoms with Gasteiger partial charge in [0.15, 0.2) is 0 Å². The highest BCUT2D eigenvalue weighted by Gasteiger charge is 2.22. The Labute approximate surface area is 132 Å². The molecular formula is C11H9BrClFN2O2S2. The van der Waals surface area contributed by atoms with Gasteiger partial charge in [0.1, 0.15) is 10.7 Å². The van der Waals surface area contributed by atoms with Gasteiger partial charge in [0.2, 0.25) is 0 Å². The number of sulfonamides is 1. The van der Waals surface area contributed by atoms with Gasteiger partial charge in [0, 0.05) is 16.4 Å². The molecule has 1 aromatic heterocycles. The number of nitrogens with two attached hydrogens (primary N) is 1. The summed E-state index contributed by atoms with van der Waals surface area (Å²) in [5, 5.41) is 0.188.